The van der Waals surface area contributed by atoms with Crippen LogP contribution in [-0.4, -0.2) is 0 Å². The van der Waals surface area contributed by atoms with E-state index in [1.165, 1.54) is 12.1 Å². The Morgan fingerprint density at radius 1 is 0.667 bits per heavy atom. The molecule has 0 radical (unpaired) electrons. The SMILES string of the molecule is FC(F)(F)c1cccc(C=C(c2ccccc2)c2ccccc2)c1. The first-order valence-electron chi connectivity index (χ1n) is 7.54. The van der Waals surface area contributed by atoms with Crippen molar-refractivity contribution in [3.05, 3.63) is 107 Å². The monoisotopic (exact) mass is 324 g/mol. The summed E-state index contributed by atoms with van der Waals surface area (Å²) in [4.78, 5) is 0. The Morgan fingerprint density at radius 3 is 1.71 bits per heavy atom. The van der Waals surface area contributed by atoms with Gasteiger partial charge in [-0.25, -0.2) is 0 Å². The molecule has 0 fully saturated rings. The molecule has 0 saturated carbocycles. The van der Waals surface area contributed by atoms with E-state index in [9.17, 15) is 13.2 Å². The van der Waals surface area contributed by atoms with E-state index < -0.39 is 11.7 Å². The van der Waals surface area contributed by atoms with Gasteiger partial charge >= 0.3 is 6.18 Å². The molecule has 0 aliphatic heterocycles. The van der Waals surface area contributed by atoms with Crippen molar-refractivity contribution in [3.63, 3.8) is 0 Å². The van der Waals surface area contributed by atoms with Crippen LogP contribution in [0.3, 0.4) is 0 Å². The maximum Gasteiger partial charge on any atom is 0.416 e. The van der Waals surface area contributed by atoms with E-state index in [0.29, 0.717) is 5.56 Å². The average molecular weight is 324 g/mol. The number of hydrogen-bond donors (Lipinski definition) is 0. The molecule has 24 heavy (non-hydrogen) atoms. The summed E-state index contributed by atoms with van der Waals surface area (Å²) < 4.78 is 38.8. The summed E-state index contributed by atoms with van der Waals surface area (Å²) in [6.07, 6.45) is -2.55. The minimum Gasteiger partial charge on any atom is -0.166 e. The molecule has 0 aliphatic rings. The fourth-order valence-corrected chi connectivity index (χ4v) is 2.54. The molecule has 0 unspecified atom stereocenters. The van der Waals surface area contributed by atoms with Gasteiger partial charge in [-0.15, -0.1) is 0 Å². The molecule has 3 aromatic carbocycles. The molecule has 0 aliphatic carbocycles. The second kappa shape index (κ2) is 6.75. The van der Waals surface area contributed by atoms with Gasteiger partial charge in [0, 0.05) is 0 Å². The highest BCUT2D eigenvalue weighted by Gasteiger charge is 2.30. The van der Waals surface area contributed by atoms with Gasteiger partial charge in [-0.2, -0.15) is 13.2 Å². The van der Waals surface area contributed by atoms with Crippen LogP contribution in [0.2, 0.25) is 0 Å². The number of hydrogen-bond acceptors (Lipinski definition) is 0. The molecule has 0 N–H and O–H groups in total. The number of rotatable bonds is 3. The summed E-state index contributed by atoms with van der Waals surface area (Å²) >= 11 is 0. The number of halogens is 3. The molecule has 0 spiro atoms. The summed E-state index contributed by atoms with van der Waals surface area (Å²) in [6, 6.07) is 24.7. The maximum atomic E-state index is 12.9. The van der Waals surface area contributed by atoms with Crippen LogP contribution in [0.1, 0.15) is 22.3 Å². The third kappa shape index (κ3) is 3.74. The summed E-state index contributed by atoms with van der Waals surface area (Å²) in [5, 5.41) is 0. The van der Waals surface area contributed by atoms with E-state index in [0.717, 1.165) is 22.8 Å². The summed E-state index contributed by atoms with van der Waals surface area (Å²) in [6.45, 7) is 0. The molecule has 0 amide bonds. The normalized spacial score (nSPS) is 11.1. The van der Waals surface area contributed by atoms with Crippen LogP contribution in [0.25, 0.3) is 11.6 Å². The zero-order chi connectivity index (χ0) is 17.0. The Labute approximate surface area is 138 Å². The first-order chi connectivity index (χ1) is 11.5. The molecule has 0 atom stereocenters. The molecule has 0 heterocycles. The largest absolute Gasteiger partial charge is 0.416 e. The van der Waals surface area contributed by atoms with E-state index in [1.54, 1.807) is 12.1 Å². The summed E-state index contributed by atoms with van der Waals surface area (Å²) in [5.41, 5.74) is 2.68. The number of alkyl halides is 3. The highest BCUT2D eigenvalue weighted by molar-refractivity contribution is 5.91. The zero-order valence-electron chi connectivity index (χ0n) is 12.8. The summed E-state index contributed by atoms with van der Waals surface area (Å²) in [7, 11) is 0. The van der Waals surface area contributed by atoms with Crippen molar-refractivity contribution in [2.75, 3.05) is 0 Å². The van der Waals surface area contributed by atoms with Crippen LogP contribution in [-0.2, 0) is 6.18 Å². The van der Waals surface area contributed by atoms with Crippen molar-refractivity contribution >= 4 is 11.6 Å². The second-order valence-electron chi connectivity index (χ2n) is 5.41. The lowest BCUT2D eigenvalue weighted by Crippen LogP contribution is -2.04. The van der Waals surface area contributed by atoms with Gasteiger partial charge in [-0.05, 0) is 40.5 Å². The van der Waals surface area contributed by atoms with E-state index in [4.69, 9.17) is 0 Å². The molecule has 120 valence electrons. The molecular weight excluding hydrogens is 309 g/mol. The topological polar surface area (TPSA) is 0 Å². The van der Waals surface area contributed by atoms with E-state index in [-0.39, 0.29) is 0 Å². The molecular formula is C21H15F3. The molecule has 3 rings (SSSR count). The lowest BCUT2D eigenvalue weighted by Gasteiger charge is -2.10. The number of benzene rings is 3. The molecule has 0 aromatic heterocycles. The van der Waals surface area contributed by atoms with E-state index >= 15 is 0 Å². The van der Waals surface area contributed by atoms with Crippen molar-refractivity contribution in [3.8, 4) is 0 Å². The minimum absolute atomic E-state index is 0.521. The van der Waals surface area contributed by atoms with Crippen molar-refractivity contribution in [1.82, 2.24) is 0 Å². The molecule has 0 saturated heterocycles. The van der Waals surface area contributed by atoms with Gasteiger partial charge < -0.3 is 0 Å². The Kier molecular flexibility index (Phi) is 4.52. The van der Waals surface area contributed by atoms with E-state index in [1.807, 2.05) is 60.7 Å². The van der Waals surface area contributed by atoms with Crippen molar-refractivity contribution in [2.24, 2.45) is 0 Å². The van der Waals surface area contributed by atoms with Crippen LogP contribution in [0.15, 0.2) is 84.9 Å². The Bertz CT molecular complexity index is 790. The zero-order valence-corrected chi connectivity index (χ0v) is 12.8. The van der Waals surface area contributed by atoms with E-state index in [2.05, 4.69) is 0 Å². The van der Waals surface area contributed by atoms with Gasteiger partial charge in [-0.3, -0.25) is 0 Å². The first kappa shape index (κ1) is 16.1. The van der Waals surface area contributed by atoms with Crippen molar-refractivity contribution in [1.29, 1.82) is 0 Å². The van der Waals surface area contributed by atoms with Gasteiger partial charge in [0.2, 0.25) is 0 Å². The standard InChI is InChI=1S/C21H15F3/c22-21(23,24)19-13-7-8-16(14-19)15-20(17-9-3-1-4-10-17)18-11-5-2-6-12-18/h1-15H. The Hall–Kier alpha value is -2.81. The molecule has 0 bridgehead atoms. The Morgan fingerprint density at radius 2 is 1.21 bits per heavy atom. The van der Waals surface area contributed by atoms with Gasteiger partial charge in [0.25, 0.3) is 0 Å². The quantitative estimate of drug-likeness (QED) is 0.496. The van der Waals surface area contributed by atoms with Gasteiger partial charge in [-0.1, -0.05) is 72.8 Å². The summed E-state index contributed by atoms with van der Waals surface area (Å²) in [5.74, 6) is 0. The van der Waals surface area contributed by atoms with Crippen LogP contribution >= 0.6 is 0 Å². The lowest BCUT2D eigenvalue weighted by molar-refractivity contribution is -0.137. The van der Waals surface area contributed by atoms with Crippen LogP contribution < -0.4 is 0 Å². The first-order valence-corrected chi connectivity index (χ1v) is 7.54. The van der Waals surface area contributed by atoms with Gasteiger partial charge in [0.05, 0.1) is 5.56 Å². The van der Waals surface area contributed by atoms with Crippen LogP contribution in [0, 0.1) is 0 Å². The third-order valence-corrected chi connectivity index (χ3v) is 3.69. The predicted octanol–water partition coefficient (Wildman–Crippen LogP) is 6.29. The highest BCUT2D eigenvalue weighted by Crippen LogP contribution is 2.31. The highest BCUT2D eigenvalue weighted by atomic mass is 19.4. The minimum atomic E-state index is -4.34. The van der Waals surface area contributed by atoms with Crippen LogP contribution in [0.4, 0.5) is 13.2 Å². The fraction of sp³-hybridized carbons (Fsp3) is 0.0476. The van der Waals surface area contributed by atoms with Crippen molar-refractivity contribution in [2.45, 2.75) is 6.18 Å². The fourth-order valence-electron chi connectivity index (χ4n) is 2.54. The lowest BCUT2D eigenvalue weighted by atomic mass is 9.95. The molecule has 0 nitrogen and oxygen atoms in total. The van der Waals surface area contributed by atoms with Crippen LogP contribution in [0.5, 0.6) is 0 Å². The second-order valence-corrected chi connectivity index (χ2v) is 5.41. The third-order valence-electron chi connectivity index (χ3n) is 3.69. The molecule has 3 aromatic rings. The molecule has 3 heteroatoms. The van der Waals surface area contributed by atoms with Crippen molar-refractivity contribution < 1.29 is 13.2 Å². The predicted molar refractivity (Wildman–Crippen MR) is 91.3 cm³/mol. The Balaban J connectivity index is 2.11. The smallest absolute Gasteiger partial charge is 0.166 e. The average Bonchev–Trinajstić information content (AvgIpc) is 2.61. The van der Waals surface area contributed by atoms with Gasteiger partial charge in [0.15, 0.2) is 0 Å². The maximum absolute atomic E-state index is 12.9. The van der Waals surface area contributed by atoms with Gasteiger partial charge in [0.1, 0.15) is 0 Å².